The lowest BCUT2D eigenvalue weighted by molar-refractivity contribution is 0.0303. The normalized spacial score (nSPS) is 14.8. The first-order valence-electron chi connectivity index (χ1n) is 7.57. The van der Waals surface area contributed by atoms with E-state index in [4.69, 9.17) is 4.74 Å². The Labute approximate surface area is 122 Å². The van der Waals surface area contributed by atoms with Gasteiger partial charge in [-0.05, 0) is 36.1 Å². The van der Waals surface area contributed by atoms with Crippen molar-refractivity contribution in [3.05, 3.63) is 34.9 Å². The van der Waals surface area contributed by atoms with Crippen LogP contribution in [-0.4, -0.2) is 37.1 Å². The number of hydrogen-bond acceptors (Lipinski definition) is 2. The minimum Gasteiger partial charge on any atom is -0.378 e. The highest BCUT2D eigenvalue weighted by Gasteiger charge is 2.19. The Hall–Kier alpha value is -1.35. The van der Waals surface area contributed by atoms with Gasteiger partial charge in [-0.15, -0.1) is 0 Å². The Balaban J connectivity index is 0.000000956. The average molecular weight is 277 g/mol. The molecule has 1 fully saturated rings. The molecule has 0 radical (unpaired) electrons. The molecule has 0 aromatic heterocycles. The molecule has 3 heteroatoms. The van der Waals surface area contributed by atoms with Gasteiger partial charge in [0, 0.05) is 18.7 Å². The number of carbonyl (C=O) groups is 1. The van der Waals surface area contributed by atoms with Crippen LogP contribution >= 0.6 is 0 Å². The first-order valence-corrected chi connectivity index (χ1v) is 7.57. The topological polar surface area (TPSA) is 29.5 Å². The van der Waals surface area contributed by atoms with E-state index in [1.54, 1.807) is 0 Å². The van der Waals surface area contributed by atoms with Crippen LogP contribution in [0, 0.1) is 6.92 Å². The van der Waals surface area contributed by atoms with Crippen LogP contribution in [0.4, 0.5) is 0 Å². The van der Waals surface area contributed by atoms with Gasteiger partial charge in [-0.3, -0.25) is 4.79 Å². The summed E-state index contributed by atoms with van der Waals surface area (Å²) in [6, 6.07) is 6.03. The van der Waals surface area contributed by atoms with Gasteiger partial charge in [-0.25, -0.2) is 0 Å². The molecular weight excluding hydrogens is 250 g/mol. The number of hydrogen-bond donors (Lipinski definition) is 0. The molecule has 0 bridgehead atoms. The summed E-state index contributed by atoms with van der Waals surface area (Å²) in [5, 5.41) is 0. The number of nitrogens with zero attached hydrogens (tertiary/aromatic N) is 1. The van der Waals surface area contributed by atoms with Crippen molar-refractivity contribution in [1.29, 1.82) is 0 Å². The molecule has 2 rings (SSSR count). The lowest BCUT2D eigenvalue weighted by atomic mass is 9.96. The summed E-state index contributed by atoms with van der Waals surface area (Å²) in [4.78, 5) is 14.2. The molecule has 1 amide bonds. The molecule has 1 aromatic rings. The SMILES string of the molecule is CC.Cc1cc(C(=O)N2CCOCC2)ccc1C(C)C. The van der Waals surface area contributed by atoms with Gasteiger partial charge >= 0.3 is 0 Å². The quantitative estimate of drug-likeness (QED) is 0.826. The zero-order valence-corrected chi connectivity index (χ0v) is 13.4. The molecule has 20 heavy (non-hydrogen) atoms. The smallest absolute Gasteiger partial charge is 0.254 e. The maximum Gasteiger partial charge on any atom is 0.254 e. The standard InChI is InChI=1S/C15H21NO2.C2H6/c1-11(2)14-5-4-13(10-12(14)3)15(17)16-6-8-18-9-7-16;1-2/h4-5,10-11H,6-9H2,1-3H3;1-2H3. The van der Waals surface area contributed by atoms with Gasteiger partial charge < -0.3 is 9.64 Å². The second-order valence-corrected chi connectivity index (χ2v) is 5.13. The lowest BCUT2D eigenvalue weighted by Crippen LogP contribution is -2.40. The van der Waals surface area contributed by atoms with Crippen LogP contribution in [0.2, 0.25) is 0 Å². The molecule has 1 aromatic carbocycles. The van der Waals surface area contributed by atoms with E-state index in [2.05, 4.69) is 26.8 Å². The molecule has 1 heterocycles. The third kappa shape index (κ3) is 4.07. The maximum atomic E-state index is 12.3. The van der Waals surface area contributed by atoms with E-state index < -0.39 is 0 Å². The Morgan fingerprint density at radius 2 is 1.80 bits per heavy atom. The summed E-state index contributed by atoms with van der Waals surface area (Å²) in [6.45, 7) is 13.1. The highest BCUT2D eigenvalue weighted by atomic mass is 16.5. The maximum absolute atomic E-state index is 12.3. The van der Waals surface area contributed by atoms with Crippen LogP contribution in [0.3, 0.4) is 0 Å². The van der Waals surface area contributed by atoms with Crippen molar-refractivity contribution in [2.24, 2.45) is 0 Å². The molecule has 0 unspecified atom stereocenters. The second-order valence-electron chi connectivity index (χ2n) is 5.13. The van der Waals surface area contributed by atoms with E-state index >= 15 is 0 Å². The summed E-state index contributed by atoms with van der Waals surface area (Å²) in [5.74, 6) is 0.620. The van der Waals surface area contributed by atoms with Crippen LogP contribution < -0.4 is 0 Å². The van der Waals surface area contributed by atoms with Gasteiger partial charge in [0.05, 0.1) is 13.2 Å². The zero-order chi connectivity index (χ0) is 15.1. The molecule has 1 aliphatic heterocycles. The Morgan fingerprint density at radius 1 is 1.20 bits per heavy atom. The van der Waals surface area contributed by atoms with Crippen molar-refractivity contribution in [2.75, 3.05) is 26.3 Å². The van der Waals surface area contributed by atoms with Gasteiger partial charge in [-0.1, -0.05) is 33.8 Å². The number of rotatable bonds is 2. The van der Waals surface area contributed by atoms with E-state index in [9.17, 15) is 4.79 Å². The Kier molecular flexibility index (Phi) is 6.73. The van der Waals surface area contributed by atoms with E-state index in [1.165, 1.54) is 11.1 Å². The van der Waals surface area contributed by atoms with Crippen LogP contribution in [0.25, 0.3) is 0 Å². The van der Waals surface area contributed by atoms with Crippen molar-refractivity contribution >= 4 is 5.91 Å². The van der Waals surface area contributed by atoms with E-state index in [-0.39, 0.29) is 5.91 Å². The largest absolute Gasteiger partial charge is 0.378 e. The summed E-state index contributed by atoms with van der Waals surface area (Å²) in [7, 11) is 0. The van der Waals surface area contributed by atoms with Crippen molar-refractivity contribution in [2.45, 2.75) is 40.5 Å². The number of carbonyl (C=O) groups excluding carboxylic acids is 1. The van der Waals surface area contributed by atoms with Crippen molar-refractivity contribution in [3.63, 3.8) is 0 Å². The molecule has 0 spiro atoms. The number of amides is 1. The molecular formula is C17H27NO2. The van der Waals surface area contributed by atoms with Crippen molar-refractivity contribution in [3.8, 4) is 0 Å². The van der Waals surface area contributed by atoms with Crippen molar-refractivity contribution < 1.29 is 9.53 Å². The van der Waals surface area contributed by atoms with Crippen molar-refractivity contribution in [1.82, 2.24) is 4.90 Å². The molecule has 112 valence electrons. The first kappa shape index (κ1) is 16.7. The van der Waals surface area contributed by atoms with E-state index in [1.807, 2.05) is 30.9 Å². The summed E-state index contributed by atoms with van der Waals surface area (Å²) >= 11 is 0. The third-order valence-corrected chi connectivity index (χ3v) is 3.44. The van der Waals surface area contributed by atoms with Gasteiger partial charge in [0.1, 0.15) is 0 Å². The molecule has 3 nitrogen and oxygen atoms in total. The van der Waals surface area contributed by atoms with Crippen LogP contribution in [-0.2, 0) is 4.74 Å². The fraction of sp³-hybridized carbons (Fsp3) is 0.588. The van der Waals surface area contributed by atoms with Gasteiger partial charge in [-0.2, -0.15) is 0 Å². The average Bonchev–Trinajstić information content (AvgIpc) is 2.49. The van der Waals surface area contributed by atoms with Crippen LogP contribution in [0.5, 0.6) is 0 Å². The summed E-state index contributed by atoms with van der Waals surface area (Å²) < 4.78 is 5.27. The highest BCUT2D eigenvalue weighted by molar-refractivity contribution is 5.94. The fourth-order valence-electron chi connectivity index (χ4n) is 2.41. The van der Waals surface area contributed by atoms with Crippen LogP contribution in [0.15, 0.2) is 18.2 Å². The van der Waals surface area contributed by atoms with Crippen LogP contribution in [0.1, 0.15) is 55.1 Å². The monoisotopic (exact) mass is 277 g/mol. The number of aryl methyl sites for hydroxylation is 1. The molecule has 0 aliphatic carbocycles. The highest BCUT2D eigenvalue weighted by Crippen LogP contribution is 2.20. The Morgan fingerprint density at radius 3 is 2.30 bits per heavy atom. The number of benzene rings is 1. The Bertz CT molecular complexity index is 435. The van der Waals surface area contributed by atoms with Gasteiger partial charge in [0.25, 0.3) is 5.91 Å². The van der Waals surface area contributed by atoms with Gasteiger partial charge in [0.2, 0.25) is 0 Å². The van der Waals surface area contributed by atoms with E-state index in [0.29, 0.717) is 32.2 Å². The van der Waals surface area contributed by atoms with Gasteiger partial charge in [0.15, 0.2) is 0 Å². The number of morpholine rings is 1. The molecule has 1 saturated heterocycles. The molecule has 0 atom stereocenters. The zero-order valence-electron chi connectivity index (χ0n) is 13.4. The predicted molar refractivity (Wildman–Crippen MR) is 83.3 cm³/mol. The first-order chi connectivity index (χ1) is 9.59. The second kappa shape index (κ2) is 8.05. The predicted octanol–water partition coefficient (Wildman–Crippen LogP) is 3.62. The van der Waals surface area contributed by atoms with E-state index in [0.717, 1.165) is 5.56 Å². The minimum absolute atomic E-state index is 0.122. The molecule has 0 saturated carbocycles. The summed E-state index contributed by atoms with van der Waals surface area (Å²) in [5.41, 5.74) is 3.30. The minimum atomic E-state index is 0.122. The molecule has 1 aliphatic rings. The number of ether oxygens (including phenoxy) is 1. The fourth-order valence-corrected chi connectivity index (χ4v) is 2.41. The third-order valence-electron chi connectivity index (χ3n) is 3.44. The molecule has 0 N–H and O–H groups in total. The summed E-state index contributed by atoms with van der Waals surface area (Å²) in [6.07, 6.45) is 0. The lowest BCUT2D eigenvalue weighted by Gasteiger charge is -2.27.